The number of nitrogens with one attached hydrogen (secondary N) is 1. The fourth-order valence-electron chi connectivity index (χ4n) is 3.70. The van der Waals surface area contributed by atoms with Gasteiger partial charge in [-0.15, -0.1) is 0 Å². The Labute approximate surface area is 179 Å². The van der Waals surface area contributed by atoms with Crippen molar-refractivity contribution in [3.05, 3.63) is 71.3 Å². The molecule has 1 heterocycles. The third-order valence-electron chi connectivity index (χ3n) is 5.36. The van der Waals surface area contributed by atoms with E-state index in [2.05, 4.69) is 10.2 Å². The number of piperidine rings is 1. The second kappa shape index (κ2) is 9.96. The van der Waals surface area contributed by atoms with Crippen LogP contribution in [0.4, 0.5) is 13.2 Å². The minimum absolute atomic E-state index is 0.00881. The van der Waals surface area contributed by atoms with Gasteiger partial charge in [-0.05, 0) is 36.6 Å². The molecule has 0 spiro atoms. The van der Waals surface area contributed by atoms with E-state index in [9.17, 15) is 22.8 Å². The molecular weight excluding hydrogens is 407 g/mol. The fraction of sp³-hybridized carbons (Fsp3) is 0.391. The molecule has 3 rings (SSSR count). The maximum atomic E-state index is 12.9. The highest BCUT2D eigenvalue weighted by Crippen LogP contribution is 2.30. The Hall–Kier alpha value is -2.87. The van der Waals surface area contributed by atoms with Gasteiger partial charge in [0.25, 0.3) is 5.91 Å². The Kier molecular flexibility index (Phi) is 7.33. The summed E-state index contributed by atoms with van der Waals surface area (Å²) in [5.74, 6) is -0.435. The van der Waals surface area contributed by atoms with Crippen molar-refractivity contribution in [1.29, 1.82) is 0 Å². The zero-order valence-corrected chi connectivity index (χ0v) is 17.4. The lowest BCUT2D eigenvalue weighted by molar-refractivity contribution is -0.137. The van der Waals surface area contributed by atoms with Crippen molar-refractivity contribution < 1.29 is 22.8 Å². The van der Waals surface area contributed by atoms with Crippen molar-refractivity contribution in [3.63, 3.8) is 0 Å². The molecule has 0 atom stereocenters. The number of amides is 2. The number of halogens is 3. The van der Waals surface area contributed by atoms with E-state index in [1.807, 2.05) is 6.07 Å². The zero-order valence-electron chi connectivity index (χ0n) is 17.4. The van der Waals surface area contributed by atoms with Crippen LogP contribution >= 0.6 is 0 Å². The third kappa shape index (κ3) is 6.55. The van der Waals surface area contributed by atoms with Crippen molar-refractivity contribution in [3.8, 4) is 0 Å². The van der Waals surface area contributed by atoms with Gasteiger partial charge in [0.1, 0.15) is 0 Å². The number of carbonyl (C=O) groups excluding carboxylic acids is 2. The number of likely N-dealkylation sites (N-methyl/N-ethyl adjacent to an activating group) is 1. The minimum atomic E-state index is -4.34. The Morgan fingerprint density at radius 1 is 1.06 bits per heavy atom. The van der Waals surface area contributed by atoms with E-state index in [1.165, 1.54) is 17.0 Å². The Morgan fingerprint density at radius 2 is 1.74 bits per heavy atom. The summed E-state index contributed by atoms with van der Waals surface area (Å²) in [4.78, 5) is 28.1. The molecule has 5 nitrogen and oxygen atoms in total. The lowest BCUT2D eigenvalue weighted by Crippen LogP contribution is -2.47. The molecule has 2 aromatic rings. The first-order valence-corrected chi connectivity index (χ1v) is 10.2. The van der Waals surface area contributed by atoms with Crippen LogP contribution < -0.4 is 5.32 Å². The van der Waals surface area contributed by atoms with Crippen molar-refractivity contribution in [2.75, 3.05) is 26.7 Å². The van der Waals surface area contributed by atoms with Crippen LogP contribution in [-0.2, 0) is 17.5 Å². The highest BCUT2D eigenvalue weighted by atomic mass is 19.4. The van der Waals surface area contributed by atoms with Gasteiger partial charge in [0.2, 0.25) is 5.91 Å². The molecule has 0 aliphatic carbocycles. The molecule has 1 aliphatic rings. The zero-order chi connectivity index (χ0) is 22.4. The van der Waals surface area contributed by atoms with Crippen LogP contribution in [0, 0.1) is 0 Å². The van der Waals surface area contributed by atoms with E-state index in [0.29, 0.717) is 43.6 Å². The van der Waals surface area contributed by atoms with E-state index >= 15 is 0 Å². The summed E-state index contributed by atoms with van der Waals surface area (Å²) >= 11 is 0. The van der Waals surface area contributed by atoms with Gasteiger partial charge in [0.05, 0.1) is 12.1 Å². The lowest BCUT2D eigenvalue weighted by atomic mass is 10.0. The van der Waals surface area contributed by atoms with Gasteiger partial charge < -0.3 is 10.2 Å². The van der Waals surface area contributed by atoms with E-state index in [0.717, 1.165) is 6.07 Å². The van der Waals surface area contributed by atoms with Gasteiger partial charge in [-0.2, -0.15) is 13.2 Å². The summed E-state index contributed by atoms with van der Waals surface area (Å²) in [5, 5.41) is 2.96. The number of benzene rings is 2. The predicted octanol–water partition coefficient (Wildman–Crippen LogP) is 3.56. The number of alkyl halides is 3. The monoisotopic (exact) mass is 433 g/mol. The molecule has 8 heteroatoms. The molecule has 1 saturated heterocycles. The molecule has 1 fully saturated rings. The molecular formula is C23H26F3N3O2. The minimum Gasteiger partial charge on any atom is -0.352 e. The quantitative estimate of drug-likeness (QED) is 0.758. The smallest absolute Gasteiger partial charge is 0.352 e. The van der Waals surface area contributed by atoms with E-state index < -0.39 is 11.7 Å². The average molecular weight is 433 g/mol. The van der Waals surface area contributed by atoms with Crippen LogP contribution in [0.2, 0.25) is 0 Å². The van der Waals surface area contributed by atoms with Crippen LogP contribution in [0.15, 0.2) is 54.6 Å². The molecule has 1 N–H and O–H groups in total. The SMILES string of the molecule is CN(CC(=O)NC1CCN(Cc2cccc(C(F)(F)F)c2)CC1)C(=O)c1ccccc1. The maximum absolute atomic E-state index is 12.9. The molecule has 166 valence electrons. The number of nitrogens with zero attached hydrogens (tertiary/aromatic N) is 2. The van der Waals surface area contributed by atoms with Crippen molar-refractivity contribution in [1.82, 2.24) is 15.1 Å². The molecule has 1 aliphatic heterocycles. The van der Waals surface area contributed by atoms with Crippen LogP contribution in [0.25, 0.3) is 0 Å². The van der Waals surface area contributed by atoms with Gasteiger partial charge >= 0.3 is 6.18 Å². The maximum Gasteiger partial charge on any atom is 0.416 e. The summed E-state index contributed by atoms with van der Waals surface area (Å²) < 4.78 is 38.6. The Bertz CT molecular complexity index is 894. The molecule has 0 radical (unpaired) electrons. The molecule has 2 aromatic carbocycles. The van der Waals surface area contributed by atoms with E-state index in [1.54, 1.807) is 37.4 Å². The highest BCUT2D eigenvalue weighted by molar-refractivity contribution is 5.96. The standard InChI is InChI=1S/C23H26F3N3O2/c1-28(22(31)18-7-3-2-4-8-18)16-21(30)27-20-10-12-29(13-11-20)15-17-6-5-9-19(14-17)23(24,25)26/h2-9,14,20H,10-13,15-16H2,1H3,(H,27,30). The van der Waals surface area contributed by atoms with Crippen molar-refractivity contribution in [2.24, 2.45) is 0 Å². The third-order valence-corrected chi connectivity index (χ3v) is 5.36. The second-order valence-corrected chi connectivity index (χ2v) is 7.84. The first kappa shape index (κ1) is 22.8. The van der Waals surface area contributed by atoms with Crippen LogP contribution in [-0.4, -0.2) is 54.3 Å². The van der Waals surface area contributed by atoms with Gasteiger partial charge in [0.15, 0.2) is 0 Å². The van der Waals surface area contributed by atoms with Crippen LogP contribution in [0.5, 0.6) is 0 Å². The summed E-state index contributed by atoms with van der Waals surface area (Å²) in [7, 11) is 1.59. The topological polar surface area (TPSA) is 52.7 Å². The van der Waals surface area contributed by atoms with Crippen LogP contribution in [0.3, 0.4) is 0 Å². The number of hydrogen-bond donors (Lipinski definition) is 1. The van der Waals surface area contributed by atoms with Gasteiger partial charge in [-0.1, -0.05) is 36.4 Å². The molecule has 0 unspecified atom stereocenters. The Morgan fingerprint density at radius 3 is 2.39 bits per heavy atom. The van der Waals surface area contributed by atoms with Gasteiger partial charge in [-0.25, -0.2) is 0 Å². The average Bonchev–Trinajstić information content (AvgIpc) is 2.74. The number of likely N-dealkylation sites (tertiary alicyclic amines) is 1. The summed E-state index contributed by atoms with van der Waals surface area (Å²) in [6.07, 6.45) is -2.93. The number of rotatable bonds is 6. The van der Waals surface area contributed by atoms with E-state index in [4.69, 9.17) is 0 Å². The summed E-state index contributed by atoms with van der Waals surface area (Å²) in [6.45, 7) is 1.77. The first-order chi connectivity index (χ1) is 14.7. The van der Waals surface area contributed by atoms with Crippen molar-refractivity contribution >= 4 is 11.8 Å². The van der Waals surface area contributed by atoms with Gasteiger partial charge in [-0.3, -0.25) is 14.5 Å². The number of carbonyl (C=O) groups is 2. The van der Waals surface area contributed by atoms with Crippen LogP contribution in [0.1, 0.15) is 34.3 Å². The fourth-order valence-corrected chi connectivity index (χ4v) is 3.70. The lowest BCUT2D eigenvalue weighted by Gasteiger charge is -2.32. The normalized spacial score (nSPS) is 15.5. The molecule has 0 saturated carbocycles. The predicted molar refractivity (Wildman–Crippen MR) is 111 cm³/mol. The highest BCUT2D eigenvalue weighted by Gasteiger charge is 2.30. The molecule has 31 heavy (non-hydrogen) atoms. The Balaban J connectivity index is 1.44. The van der Waals surface area contributed by atoms with E-state index in [-0.39, 0.29) is 24.4 Å². The largest absolute Gasteiger partial charge is 0.416 e. The second-order valence-electron chi connectivity index (χ2n) is 7.84. The molecule has 2 amide bonds. The summed E-state index contributed by atoms with van der Waals surface area (Å²) in [6, 6.07) is 14.2. The number of hydrogen-bond acceptors (Lipinski definition) is 3. The first-order valence-electron chi connectivity index (χ1n) is 10.2. The molecule has 0 bridgehead atoms. The summed E-state index contributed by atoms with van der Waals surface area (Å²) in [5.41, 5.74) is 0.514. The van der Waals surface area contributed by atoms with Crippen molar-refractivity contribution in [2.45, 2.75) is 31.6 Å². The van der Waals surface area contributed by atoms with Gasteiger partial charge in [0, 0.05) is 38.3 Å². The molecule has 0 aromatic heterocycles.